The average Bonchev–Trinajstić information content (AvgIpc) is 2.68. The lowest BCUT2D eigenvalue weighted by atomic mass is 9.82. The predicted octanol–water partition coefficient (Wildman–Crippen LogP) is 7.15. The number of aryl methyl sites for hydroxylation is 2. The van der Waals surface area contributed by atoms with E-state index < -0.39 is 0 Å². The predicted molar refractivity (Wildman–Crippen MR) is 136 cm³/mol. The third kappa shape index (κ3) is 5.33. The molecule has 0 saturated heterocycles. The average molecular weight is 426 g/mol. The van der Waals surface area contributed by atoms with Crippen LogP contribution in [-0.4, -0.2) is 17.9 Å². The van der Waals surface area contributed by atoms with E-state index in [1.165, 1.54) is 22.0 Å². The lowest BCUT2D eigenvalue weighted by Crippen LogP contribution is -2.25. The number of benzene rings is 2. The van der Waals surface area contributed by atoms with Gasteiger partial charge in [0, 0.05) is 29.0 Å². The maximum absolute atomic E-state index is 11.2. The minimum Gasteiger partial charge on any atom is -0.507 e. The van der Waals surface area contributed by atoms with Crippen molar-refractivity contribution >= 4 is 19.6 Å². The molecule has 0 heterocycles. The number of aromatic hydroxyl groups is 1. The van der Waals surface area contributed by atoms with Crippen LogP contribution in [0.25, 0.3) is 0 Å². The van der Waals surface area contributed by atoms with E-state index in [9.17, 15) is 5.11 Å². The summed E-state index contributed by atoms with van der Waals surface area (Å²) in [5.74, 6) is 0.463. The molecule has 2 nitrogen and oxygen atoms in total. The SMILES string of the molecule is CCCCC(C)(Pc1c(C)cccc1C(C)=NC)c1cc(C(C)(C)C)cc(C)c1O. The van der Waals surface area contributed by atoms with Crippen molar-refractivity contribution < 1.29 is 5.11 Å². The molecule has 30 heavy (non-hydrogen) atoms. The van der Waals surface area contributed by atoms with Gasteiger partial charge in [-0.3, -0.25) is 4.99 Å². The van der Waals surface area contributed by atoms with Gasteiger partial charge in [-0.25, -0.2) is 0 Å². The van der Waals surface area contributed by atoms with E-state index in [0.29, 0.717) is 14.3 Å². The van der Waals surface area contributed by atoms with E-state index in [2.05, 4.69) is 83.8 Å². The first-order valence-corrected chi connectivity index (χ1v) is 12.1. The van der Waals surface area contributed by atoms with Gasteiger partial charge in [-0.05, 0) is 54.6 Å². The van der Waals surface area contributed by atoms with E-state index >= 15 is 0 Å². The molecule has 0 radical (unpaired) electrons. The number of hydrogen-bond acceptors (Lipinski definition) is 2. The van der Waals surface area contributed by atoms with Crippen LogP contribution in [0, 0.1) is 13.8 Å². The van der Waals surface area contributed by atoms with Gasteiger partial charge in [-0.2, -0.15) is 0 Å². The highest BCUT2D eigenvalue weighted by Crippen LogP contribution is 2.50. The summed E-state index contributed by atoms with van der Waals surface area (Å²) in [6.07, 6.45) is 3.34. The van der Waals surface area contributed by atoms with Crippen molar-refractivity contribution in [3.63, 3.8) is 0 Å². The number of phenols is 1. The molecule has 0 saturated carbocycles. The Bertz CT molecular complexity index is 923. The third-order valence-electron chi connectivity index (χ3n) is 6.19. The molecule has 164 valence electrons. The molecule has 2 rings (SSSR count). The number of unbranched alkanes of at least 4 members (excludes halogenated alkanes) is 1. The van der Waals surface area contributed by atoms with Crippen LogP contribution in [0.1, 0.15) is 88.6 Å². The van der Waals surface area contributed by atoms with E-state index in [0.717, 1.165) is 36.1 Å². The summed E-state index contributed by atoms with van der Waals surface area (Å²) in [7, 11) is 2.42. The Morgan fingerprint density at radius 2 is 1.73 bits per heavy atom. The van der Waals surface area contributed by atoms with Crippen LogP contribution in [0.3, 0.4) is 0 Å². The van der Waals surface area contributed by atoms with Crippen LogP contribution in [0.15, 0.2) is 35.3 Å². The van der Waals surface area contributed by atoms with Gasteiger partial charge in [-0.1, -0.05) is 86.4 Å². The fourth-order valence-corrected chi connectivity index (χ4v) is 5.82. The van der Waals surface area contributed by atoms with Gasteiger partial charge in [-0.15, -0.1) is 0 Å². The van der Waals surface area contributed by atoms with Crippen molar-refractivity contribution in [1.29, 1.82) is 0 Å². The topological polar surface area (TPSA) is 32.6 Å². The highest BCUT2D eigenvalue weighted by molar-refractivity contribution is 7.49. The Labute approximate surface area is 186 Å². The molecule has 0 aromatic heterocycles. The van der Waals surface area contributed by atoms with Crippen molar-refractivity contribution in [3.05, 3.63) is 58.1 Å². The molecule has 0 amide bonds. The molecule has 0 bridgehead atoms. The van der Waals surface area contributed by atoms with Crippen LogP contribution < -0.4 is 5.30 Å². The molecular weight excluding hydrogens is 385 g/mol. The van der Waals surface area contributed by atoms with Gasteiger partial charge in [0.05, 0.1) is 0 Å². The molecule has 0 aliphatic carbocycles. The number of rotatable bonds is 7. The first-order valence-electron chi connectivity index (χ1n) is 11.1. The minimum absolute atomic E-state index is 0.0429. The zero-order chi connectivity index (χ0) is 22.7. The zero-order valence-electron chi connectivity index (χ0n) is 20.4. The molecule has 1 N–H and O–H groups in total. The summed E-state index contributed by atoms with van der Waals surface area (Å²) < 4.78 is 0. The van der Waals surface area contributed by atoms with E-state index in [1.807, 2.05) is 14.0 Å². The largest absolute Gasteiger partial charge is 0.507 e. The molecule has 0 aliphatic rings. The summed E-state index contributed by atoms with van der Waals surface area (Å²) >= 11 is 0. The summed E-state index contributed by atoms with van der Waals surface area (Å²) in [4.78, 5) is 4.48. The van der Waals surface area contributed by atoms with Gasteiger partial charge >= 0.3 is 0 Å². The van der Waals surface area contributed by atoms with Crippen LogP contribution in [0.4, 0.5) is 0 Å². The molecule has 2 aromatic rings. The normalized spacial score (nSPS) is 15.0. The second-order valence-electron chi connectivity index (χ2n) is 9.81. The van der Waals surface area contributed by atoms with Gasteiger partial charge in [0.15, 0.2) is 0 Å². The Hall–Kier alpha value is -1.66. The molecule has 2 aromatic carbocycles. The Kier molecular flexibility index (Phi) is 7.91. The van der Waals surface area contributed by atoms with Crippen molar-refractivity contribution in [3.8, 4) is 5.75 Å². The Balaban J connectivity index is 2.71. The summed E-state index contributed by atoms with van der Waals surface area (Å²) in [6.45, 7) is 17.6. The quantitative estimate of drug-likeness (QED) is 0.371. The van der Waals surface area contributed by atoms with Crippen molar-refractivity contribution in [1.82, 2.24) is 0 Å². The van der Waals surface area contributed by atoms with E-state index in [1.54, 1.807) is 0 Å². The lowest BCUT2D eigenvalue weighted by molar-refractivity contribution is 0.445. The second-order valence-corrected chi connectivity index (χ2v) is 11.7. The molecular formula is C27H40NOP. The van der Waals surface area contributed by atoms with Gasteiger partial charge in [0.25, 0.3) is 0 Å². The first kappa shape index (κ1) is 24.6. The van der Waals surface area contributed by atoms with Crippen LogP contribution in [0.2, 0.25) is 0 Å². The smallest absolute Gasteiger partial charge is 0.122 e. The first-order chi connectivity index (χ1) is 13.9. The van der Waals surface area contributed by atoms with Gasteiger partial charge in [0.1, 0.15) is 5.75 Å². The molecule has 0 spiro atoms. The lowest BCUT2D eigenvalue weighted by Gasteiger charge is -2.34. The number of aliphatic imine (C=N–C) groups is 1. The second kappa shape index (κ2) is 9.65. The molecule has 3 heteroatoms. The maximum atomic E-state index is 11.2. The van der Waals surface area contributed by atoms with Crippen LogP contribution in [-0.2, 0) is 10.6 Å². The van der Waals surface area contributed by atoms with Gasteiger partial charge < -0.3 is 5.11 Å². The van der Waals surface area contributed by atoms with Gasteiger partial charge in [0.2, 0.25) is 0 Å². The number of nitrogens with zero attached hydrogens (tertiary/aromatic N) is 1. The van der Waals surface area contributed by atoms with Crippen molar-refractivity contribution in [2.45, 2.75) is 85.2 Å². The monoisotopic (exact) mass is 425 g/mol. The maximum Gasteiger partial charge on any atom is 0.122 e. The Morgan fingerprint density at radius 3 is 2.30 bits per heavy atom. The minimum atomic E-state index is -0.124. The van der Waals surface area contributed by atoms with Crippen LogP contribution in [0.5, 0.6) is 5.75 Å². The van der Waals surface area contributed by atoms with Crippen molar-refractivity contribution in [2.24, 2.45) is 4.99 Å². The summed E-state index contributed by atoms with van der Waals surface area (Å²) in [5, 5.41) is 12.4. The summed E-state index contributed by atoms with van der Waals surface area (Å²) in [5.41, 5.74) is 7.02. The number of phenolic OH excluding ortho intramolecular Hbond substituents is 1. The zero-order valence-corrected chi connectivity index (χ0v) is 21.4. The van der Waals surface area contributed by atoms with Crippen molar-refractivity contribution in [2.75, 3.05) is 7.05 Å². The molecule has 2 atom stereocenters. The highest BCUT2D eigenvalue weighted by Gasteiger charge is 2.33. The Morgan fingerprint density at radius 1 is 1.07 bits per heavy atom. The third-order valence-corrected chi connectivity index (χ3v) is 8.17. The molecule has 0 fully saturated rings. The van der Waals surface area contributed by atoms with E-state index in [4.69, 9.17) is 0 Å². The fraction of sp³-hybridized carbons (Fsp3) is 0.519. The van der Waals surface area contributed by atoms with E-state index in [-0.39, 0.29) is 10.6 Å². The molecule has 0 aliphatic heterocycles. The summed E-state index contributed by atoms with van der Waals surface area (Å²) in [6, 6.07) is 10.9. The standard InChI is InChI=1S/C27H40NOP/c1-10-11-15-27(8,23-17-21(26(5,6)7)16-19(3)24(23)29)30-25-18(2)13-12-14-22(25)20(4)28-9/h12-14,16-17,29-30H,10-11,15H2,1-9H3. The molecule has 2 unspecified atom stereocenters. The fourth-order valence-electron chi connectivity index (χ4n) is 3.96. The van der Waals surface area contributed by atoms with Crippen LogP contribution >= 0.6 is 8.58 Å². The highest BCUT2D eigenvalue weighted by atomic mass is 31.1. The number of hydrogen-bond donors (Lipinski definition) is 1.